The quantitative estimate of drug-likeness (QED) is 0.659. The molecule has 0 bridgehead atoms. The van der Waals surface area contributed by atoms with Gasteiger partial charge < -0.3 is 25.0 Å². The average Bonchev–Trinajstić information content (AvgIpc) is 2.84. The van der Waals surface area contributed by atoms with E-state index in [0.29, 0.717) is 17.8 Å². The number of hydrogen-bond donors (Lipinski definition) is 2. The van der Waals surface area contributed by atoms with Gasteiger partial charge in [-0.1, -0.05) is 42.0 Å². The molecule has 2 heterocycles. The summed E-state index contributed by atoms with van der Waals surface area (Å²) in [6, 6.07) is 14.9. The maximum absolute atomic E-state index is 12.8. The molecule has 0 saturated carbocycles. The van der Waals surface area contributed by atoms with Gasteiger partial charge in [-0.25, -0.2) is 9.59 Å². The highest BCUT2D eigenvalue weighted by molar-refractivity contribution is 5.95. The molecule has 2 N–H and O–H groups in total. The van der Waals surface area contributed by atoms with Gasteiger partial charge >= 0.3 is 12.0 Å². The number of nitrogens with one attached hydrogen (secondary N) is 2. The highest BCUT2D eigenvalue weighted by atomic mass is 16.5. The molecule has 0 spiro atoms. The number of piperazine rings is 1. The third-order valence-electron chi connectivity index (χ3n) is 6.15. The summed E-state index contributed by atoms with van der Waals surface area (Å²) in [4.78, 5) is 29.8. The van der Waals surface area contributed by atoms with Crippen LogP contribution in [0.2, 0.25) is 0 Å². The fraction of sp³-hybridized carbons (Fsp3) is 0.360. The zero-order chi connectivity index (χ0) is 23.4. The van der Waals surface area contributed by atoms with E-state index in [4.69, 9.17) is 9.47 Å². The maximum atomic E-state index is 12.8. The molecule has 1 atom stereocenters. The van der Waals surface area contributed by atoms with Crippen molar-refractivity contribution in [3.8, 4) is 5.75 Å². The smallest absolute Gasteiger partial charge is 0.338 e. The van der Waals surface area contributed by atoms with Crippen molar-refractivity contribution in [3.05, 3.63) is 70.9 Å². The lowest BCUT2D eigenvalue weighted by atomic mass is 9.94. The van der Waals surface area contributed by atoms with Gasteiger partial charge in [-0.2, -0.15) is 0 Å². The number of benzene rings is 2. The second kappa shape index (κ2) is 9.95. The van der Waals surface area contributed by atoms with Crippen molar-refractivity contribution in [2.45, 2.75) is 13.0 Å². The molecule has 0 aromatic heterocycles. The van der Waals surface area contributed by atoms with Gasteiger partial charge in [-0.05, 0) is 24.6 Å². The average molecular weight is 451 g/mol. The van der Waals surface area contributed by atoms with E-state index in [1.54, 1.807) is 7.11 Å². The topological polar surface area (TPSA) is 83.1 Å². The molecule has 2 amide bonds. The van der Waals surface area contributed by atoms with Gasteiger partial charge in [-0.15, -0.1) is 0 Å². The molecular weight excluding hydrogens is 420 g/mol. The largest absolute Gasteiger partial charge is 0.495 e. The molecule has 2 aliphatic rings. The van der Waals surface area contributed by atoms with E-state index in [0.717, 1.165) is 48.7 Å². The second-order valence-corrected chi connectivity index (χ2v) is 8.26. The van der Waals surface area contributed by atoms with Crippen molar-refractivity contribution in [1.29, 1.82) is 0 Å². The lowest BCUT2D eigenvalue weighted by molar-refractivity contribution is -0.136. The summed E-state index contributed by atoms with van der Waals surface area (Å²) in [7, 11) is 3.04. The van der Waals surface area contributed by atoms with Crippen LogP contribution in [-0.2, 0) is 9.53 Å². The lowest BCUT2D eigenvalue weighted by Gasteiger charge is -2.38. The van der Waals surface area contributed by atoms with Gasteiger partial charge in [0.25, 0.3) is 0 Å². The molecule has 33 heavy (non-hydrogen) atoms. The summed E-state index contributed by atoms with van der Waals surface area (Å²) in [5, 5.41) is 5.73. The molecule has 1 fully saturated rings. The first-order chi connectivity index (χ1) is 16.0. The normalized spacial score (nSPS) is 19.1. The molecular formula is C25H30N4O4. The predicted octanol–water partition coefficient (Wildman–Crippen LogP) is 2.61. The van der Waals surface area contributed by atoms with E-state index in [9.17, 15) is 9.59 Å². The second-order valence-electron chi connectivity index (χ2n) is 8.26. The van der Waals surface area contributed by atoms with Crippen molar-refractivity contribution in [3.63, 3.8) is 0 Å². The predicted molar refractivity (Wildman–Crippen MR) is 126 cm³/mol. The van der Waals surface area contributed by atoms with Gasteiger partial charge in [0.2, 0.25) is 0 Å². The van der Waals surface area contributed by atoms with Crippen LogP contribution < -0.4 is 20.3 Å². The van der Waals surface area contributed by atoms with Gasteiger partial charge in [0.15, 0.2) is 0 Å². The Kier molecular flexibility index (Phi) is 6.84. The SMILES string of the molecule is COC(=O)C1=C(CN2CCN(c3ccccc3OC)CC2)NC(=O)NC1c1ccc(C)cc1. The first-order valence-corrected chi connectivity index (χ1v) is 11.1. The minimum Gasteiger partial charge on any atom is -0.495 e. The number of carbonyl (C=O) groups excluding carboxylic acids is 2. The van der Waals surface area contributed by atoms with Gasteiger partial charge in [0, 0.05) is 38.4 Å². The van der Waals surface area contributed by atoms with Crippen LogP contribution in [-0.4, -0.2) is 63.8 Å². The van der Waals surface area contributed by atoms with Crippen LogP contribution in [0.4, 0.5) is 10.5 Å². The zero-order valence-corrected chi connectivity index (χ0v) is 19.3. The van der Waals surface area contributed by atoms with E-state index in [1.807, 2.05) is 49.4 Å². The standard InChI is InChI=1S/C25H30N4O4/c1-17-8-10-18(11-9-17)23-22(24(30)33-3)19(26-25(31)27-23)16-28-12-14-29(15-13-28)20-6-4-5-7-21(20)32-2/h4-11,23H,12-16H2,1-3H3,(H2,26,27,31). The summed E-state index contributed by atoms with van der Waals surface area (Å²) < 4.78 is 10.6. The third kappa shape index (κ3) is 4.96. The Balaban J connectivity index is 1.54. The maximum Gasteiger partial charge on any atom is 0.338 e. The number of esters is 1. The number of methoxy groups -OCH3 is 2. The van der Waals surface area contributed by atoms with Gasteiger partial charge in [0.1, 0.15) is 5.75 Å². The molecule has 1 saturated heterocycles. The van der Waals surface area contributed by atoms with Crippen LogP contribution in [0.1, 0.15) is 17.2 Å². The molecule has 2 aliphatic heterocycles. The minimum atomic E-state index is -0.559. The summed E-state index contributed by atoms with van der Waals surface area (Å²) in [6.07, 6.45) is 0. The Morgan fingerprint density at radius 3 is 2.39 bits per heavy atom. The van der Waals surface area contributed by atoms with Gasteiger partial charge in [-0.3, -0.25) is 4.90 Å². The highest BCUT2D eigenvalue weighted by Crippen LogP contribution is 2.30. The Bertz CT molecular complexity index is 1040. The number of aryl methyl sites for hydroxylation is 1. The number of anilines is 1. The van der Waals surface area contributed by atoms with Crippen LogP contribution >= 0.6 is 0 Å². The molecule has 1 unspecified atom stereocenters. The van der Waals surface area contributed by atoms with Crippen molar-refractivity contribution in [2.75, 3.05) is 51.8 Å². The molecule has 0 radical (unpaired) electrons. The van der Waals surface area contributed by atoms with Crippen LogP contribution in [0, 0.1) is 6.92 Å². The number of amides is 2. The van der Waals surface area contributed by atoms with E-state index in [-0.39, 0.29) is 6.03 Å². The van der Waals surface area contributed by atoms with Crippen molar-refractivity contribution in [2.24, 2.45) is 0 Å². The Labute approximate surface area is 194 Å². The zero-order valence-electron chi connectivity index (χ0n) is 19.3. The molecule has 0 aliphatic carbocycles. The molecule has 8 nitrogen and oxygen atoms in total. The summed E-state index contributed by atoms with van der Waals surface area (Å²) in [5.74, 6) is 0.406. The number of rotatable bonds is 6. The van der Waals surface area contributed by atoms with E-state index < -0.39 is 12.0 Å². The Hall–Kier alpha value is -3.52. The third-order valence-corrected chi connectivity index (χ3v) is 6.15. The van der Waals surface area contributed by atoms with Crippen LogP contribution in [0.5, 0.6) is 5.75 Å². The summed E-state index contributed by atoms with van der Waals surface area (Å²) in [6.45, 7) is 5.66. The number of hydrogen-bond acceptors (Lipinski definition) is 6. The van der Waals surface area contributed by atoms with Crippen molar-refractivity contribution in [1.82, 2.24) is 15.5 Å². The van der Waals surface area contributed by atoms with E-state index in [1.165, 1.54) is 7.11 Å². The number of para-hydroxylation sites is 2. The fourth-order valence-electron chi connectivity index (χ4n) is 4.36. The van der Waals surface area contributed by atoms with Crippen molar-refractivity contribution < 1.29 is 19.1 Å². The monoisotopic (exact) mass is 450 g/mol. The minimum absolute atomic E-state index is 0.323. The number of nitrogens with zero attached hydrogens (tertiary/aromatic N) is 2. The van der Waals surface area contributed by atoms with Crippen LogP contribution in [0.3, 0.4) is 0 Å². The first-order valence-electron chi connectivity index (χ1n) is 11.1. The first kappa shape index (κ1) is 22.7. The lowest BCUT2D eigenvalue weighted by Crippen LogP contribution is -2.51. The Morgan fingerprint density at radius 1 is 1.03 bits per heavy atom. The molecule has 2 aromatic rings. The van der Waals surface area contributed by atoms with E-state index >= 15 is 0 Å². The molecule has 174 valence electrons. The van der Waals surface area contributed by atoms with E-state index in [2.05, 4.69) is 26.5 Å². The number of carbonyl (C=O) groups is 2. The van der Waals surface area contributed by atoms with Gasteiger partial charge in [0.05, 0.1) is 31.5 Å². The Morgan fingerprint density at radius 2 is 1.73 bits per heavy atom. The fourth-order valence-corrected chi connectivity index (χ4v) is 4.36. The van der Waals surface area contributed by atoms with Crippen LogP contribution in [0.25, 0.3) is 0 Å². The number of ether oxygens (including phenoxy) is 2. The summed E-state index contributed by atoms with van der Waals surface area (Å²) >= 11 is 0. The molecule has 8 heteroatoms. The highest BCUT2D eigenvalue weighted by Gasteiger charge is 2.34. The molecule has 2 aromatic carbocycles. The van der Waals surface area contributed by atoms with Crippen LogP contribution in [0.15, 0.2) is 59.8 Å². The summed E-state index contributed by atoms with van der Waals surface area (Å²) in [5.41, 5.74) is 4.05. The number of urea groups is 1. The van der Waals surface area contributed by atoms with Crippen molar-refractivity contribution >= 4 is 17.7 Å². The molecule has 4 rings (SSSR count).